The Morgan fingerprint density at radius 3 is 2.60 bits per heavy atom. The van der Waals surface area contributed by atoms with Gasteiger partial charge in [-0.05, 0) is 30.3 Å². The molecule has 0 unspecified atom stereocenters. The Morgan fingerprint density at radius 2 is 1.80 bits per heavy atom. The zero-order chi connectivity index (χ0) is 17.2. The average Bonchev–Trinajstić information content (AvgIpc) is 3.31. The van der Waals surface area contributed by atoms with Crippen molar-refractivity contribution in [1.29, 1.82) is 5.26 Å². The smallest absolute Gasteiger partial charge is 0.258 e. The van der Waals surface area contributed by atoms with Crippen molar-refractivity contribution in [3.8, 4) is 40.2 Å². The quantitative estimate of drug-likeness (QED) is 0.573. The van der Waals surface area contributed by atoms with Gasteiger partial charge in [-0.25, -0.2) is 0 Å². The normalized spacial score (nSPS) is 10.6. The van der Waals surface area contributed by atoms with Crippen molar-refractivity contribution in [1.82, 2.24) is 19.9 Å². The van der Waals surface area contributed by atoms with Crippen LogP contribution in [-0.4, -0.2) is 19.9 Å². The summed E-state index contributed by atoms with van der Waals surface area (Å²) in [6.45, 7) is 0. The minimum absolute atomic E-state index is 0.387. The van der Waals surface area contributed by atoms with E-state index < -0.39 is 0 Å². The fourth-order valence-corrected chi connectivity index (χ4v) is 2.65. The van der Waals surface area contributed by atoms with Crippen LogP contribution in [0.3, 0.4) is 0 Å². The molecule has 4 rings (SSSR count). The van der Waals surface area contributed by atoms with Crippen LogP contribution in [0.1, 0.15) is 5.56 Å². The number of hydrogen-bond donors (Lipinski definition) is 0. The van der Waals surface area contributed by atoms with E-state index in [4.69, 9.17) is 9.78 Å². The van der Waals surface area contributed by atoms with E-state index in [0.29, 0.717) is 17.3 Å². The lowest BCUT2D eigenvalue weighted by atomic mass is 10.1. The maximum atomic E-state index is 9.01. The van der Waals surface area contributed by atoms with Crippen LogP contribution in [0, 0.1) is 11.3 Å². The Balaban J connectivity index is 1.71. The molecular weight excluding hydrogens is 314 g/mol. The van der Waals surface area contributed by atoms with Gasteiger partial charge in [0.15, 0.2) is 0 Å². The van der Waals surface area contributed by atoms with E-state index in [0.717, 1.165) is 22.4 Å². The van der Waals surface area contributed by atoms with Gasteiger partial charge in [-0.3, -0.25) is 4.68 Å². The molecule has 0 N–H and O–H groups in total. The molecule has 4 aromatic rings. The maximum Gasteiger partial charge on any atom is 0.258 e. The van der Waals surface area contributed by atoms with Crippen molar-refractivity contribution in [3.05, 3.63) is 66.4 Å². The van der Waals surface area contributed by atoms with Crippen molar-refractivity contribution in [3.63, 3.8) is 0 Å². The lowest BCUT2D eigenvalue weighted by molar-refractivity contribution is 0.432. The van der Waals surface area contributed by atoms with Crippen LogP contribution in [0.4, 0.5) is 0 Å². The molecule has 0 amide bonds. The molecule has 0 saturated carbocycles. The molecule has 120 valence electrons. The Hall–Kier alpha value is -3.72. The Bertz CT molecular complexity index is 1090. The molecule has 2 aromatic heterocycles. The number of nitrogens with zero attached hydrogens (tertiary/aromatic N) is 5. The lowest BCUT2D eigenvalue weighted by Crippen LogP contribution is -1.93. The zero-order valence-corrected chi connectivity index (χ0v) is 13.4. The zero-order valence-electron chi connectivity index (χ0n) is 13.4. The Kier molecular flexibility index (Phi) is 3.60. The van der Waals surface area contributed by atoms with E-state index in [2.05, 4.69) is 21.3 Å². The fraction of sp³-hybridized carbons (Fsp3) is 0.0526. The van der Waals surface area contributed by atoms with Gasteiger partial charge in [0.2, 0.25) is 5.82 Å². The van der Waals surface area contributed by atoms with Gasteiger partial charge < -0.3 is 4.52 Å². The van der Waals surface area contributed by atoms with Crippen molar-refractivity contribution >= 4 is 0 Å². The second-order valence-electron chi connectivity index (χ2n) is 5.54. The monoisotopic (exact) mass is 327 g/mol. The molecule has 0 atom stereocenters. The second-order valence-corrected chi connectivity index (χ2v) is 5.54. The first-order chi connectivity index (χ1) is 12.2. The third-order valence-electron chi connectivity index (χ3n) is 3.90. The molecule has 0 aliphatic carbocycles. The summed E-state index contributed by atoms with van der Waals surface area (Å²) in [5.41, 5.74) is 4.16. The predicted molar refractivity (Wildman–Crippen MR) is 92.1 cm³/mol. The summed E-state index contributed by atoms with van der Waals surface area (Å²) in [6, 6.07) is 19.0. The van der Waals surface area contributed by atoms with Crippen molar-refractivity contribution in [2.24, 2.45) is 7.05 Å². The number of hydrogen-bond acceptors (Lipinski definition) is 5. The van der Waals surface area contributed by atoms with Gasteiger partial charge in [0.05, 0.1) is 17.3 Å². The summed E-state index contributed by atoms with van der Waals surface area (Å²) >= 11 is 0. The van der Waals surface area contributed by atoms with Gasteiger partial charge in [0.25, 0.3) is 5.89 Å². The van der Waals surface area contributed by atoms with Gasteiger partial charge in [-0.1, -0.05) is 29.4 Å². The third kappa shape index (κ3) is 2.79. The number of benzene rings is 2. The average molecular weight is 327 g/mol. The predicted octanol–water partition coefficient (Wildman–Crippen LogP) is 3.68. The molecule has 6 nitrogen and oxygen atoms in total. The van der Waals surface area contributed by atoms with E-state index in [9.17, 15) is 0 Å². The van der Waals surface area contributed by atoms with Gasteiger partial charge in [-0.2, -0.15) is 15.3 Å². The van der Waals surface area contributed by atoms with Crippen LogP contribution in [0.15, 0.2) is 65.3 Å². The van der Waals surface area contributed by atoms with E-state index in [1.165, 1.54) is 0 Å². The maximum absolute atomic E-state index is 9.01. The van der Waals surface area contributed by atoms with Gasteiger partial charge in [0.1, 0.15) is 0 Å². The highest BCUT2D eigenvalue weighted by Gasteiger charge is 2.12. The van der Waals surface area contributed by atoms with Crippen LogP contribution in [0.2, 0.25) is 0 Å². The van der Waals surface area contributed by atoms with Crippen molar-refractivity contribution in [2.45, 2.75) is 0 Å². The summed E-state index contributed by atoms with van der Waals surface area (Å²) in [7, 11) is 1.90. The van der Waals surface area contributed by atoms with Crippen LogP contribution in [0.25, 0.3) is 34.1 Å². The van der Waals surface area contributed by atoms with Crippen LogP contribution < -0.4 is 0 Å². The van der Waals surface area contributed by atoms with Crippen molar-refractivity contribution in [2.75, 3.05) is 0 Å². The molecule has 2 heterocycles. The largest absolute Gasteiger partial charge is 0.334 e. The number of aromatic nitrogens is 4. The molecule has 0 bridgehead atoms. The van der Waals surface area contributed by atoms with Gasteiger partial charge in [-0.15, -0.1) is 0 Å². The highest BCUT2D eigenvalue weighted by atomic mass is 16.5. The summed E-state index contributed by atoms with van der Waals surface area (Å²) in [6.07, 6.45) is 1.76. The molecular formula is C19H13N5O. The van der Waals surface area contributed by atoms with Crippen LogP contribution in [-0.2, 0) is 7.05 Å². The SMILES string of the molecule is Cn1nccc1-c1cccc(-c2noc(-c3cccc(C#N)c3)n2)c1. The molecule has 0 radical (unpaired) electrons. The third-order valence-corrected chi connectivity index (χ3v) is 3.90. The standard InChI is InChI=1S/C19H13N5O/c1-24-17(8-9-21-24)14-5-3-6-15(11-14)18-22-19(25-23-18)16-7-2-4-13(10-16)12-20/h2-11H,1H3. The fourth-order valence-electron chi connectivity index (χ4n) is 2.65. The molecule has 6 heteroatoms. The summed E-state index contributed by atoms with van der Waals surface area (Å²) < 4.78 is 7.18. The van der Waals surface area contributed by atoms with E-state index >= 15 is 0 Å². The minimum Gasteiger partial charge on any atom is -0.334 e. The molecule has 25 heavy (non-hydrogen) atoms. The highest BCUT2D eigenvalue weighted by Crippen LogP contribution is 2.26. The second kappa shape index (κ2) is 6.06. The van der Waals surface area contributed by atoms with E-state index in [1.807, 2.05) is 48.1 Å². The van der Waals surface area contributed by atoms with Gasteiger partial charge in [0, 0.05) is 29.9 Å². The number of rotatable bonds is 3. The Morgan fingerprint density at radius 1 is 1.00 bits per heavy atom. The van der Waals surface area contributed by atoms with Gasteiger partial charge >= 0.3 is 0 Å². The Labute approximate surface area is 144 Å². The highest BCUT2D eigenvalue weighted by molar-refractivity contribution is 5.69. The number of nitriles is 1. The molecule has 0 saturated heterocycles. The molecule has 2 aromatic carbocycles. The van der Waals surface area contributed by atoms with Crippen LogP contribution in [0.5, 0.6) is 0 Å². The summed E-state index contributed by atoms with van der Waals surface area (Å²) in [5.74, 6) is 0.888. The van der Waals surface area contributed by atoms with Crippen LogP contribution >= 0.6 is 0 Å². The first-order valence-corrected chi connectivity index (χ1v) is 7.67. The first kappa shape index (κ1) is 14.8. The molecule has 0 spiro atoms. The summed E-state index contributed by atoms with van der Waals surface area (Å²) in [5, 5.41) is 17.3. The van der Waals surface area contributed by atoms with E-state index in [1.54, 1.807) is 24.4 Å². The van der Waals surface area contributed by atoms with Crippen molar-refractivity contribution < 1.29 is 4.52 Å². The topological polar surface area (TPSA) is 80.5 Å². The first-order valence-electron chi connectivity index (χ1n) is 7.67. The molecule has 0 fully saturated rings. The minimum atomic E-state index is 0.387. The number of aryl methyl sites for hydroxylation is 1. The summed E-state index contributed by atoms with van der Waals surface area (Å²) in [4.78, 5) is 4.46. The van der Waals surface area contributed by atoms with E-state index in [-0.39, 0.29) is 0 Å². The molecule has 0 aliphatic rings. The molecule has 0 aliphatic heterocycles. The lowest BCUT2D eigenvalue weighted by Gasteiger charge is -2.03.